The summed E-state index contributed by atoms with van der Waals surface area (Å²) in [5.41, 5.74) is 3.89. The largest absolute Gasteiger partial charge is 0.358 e. The number of sulfone groups is 1. The molecule has 2 aliphatic rings. The van der Waals surface area contributed by atoms with E-state index in [0.717, 1.165) is 31.2 Å². The van der Waals surface area contributed by atoms with Crippen molar-refractivity contribution in [2.45, 2.75) is 56.3 Å². The molecule has 0 spiro atoms. The third-order valence-electron chi connectivity index (χ3n) is 7.57. The molecule has 2 fully saturated rings. The predicted molar refractivity (Wildman–Crippen MR) is 148 cm³/mol. The lowest BCUT2D eigenvalue weighted by atomic mass is 10.1. The number of alkyl halides is 1. The number of carbonyl (C=O) groups excluding carboxylic acids is 1. The molecule has 0 bridgehead atoms. The number of nitrogens with one attached hydrogen (secondary N) is 1. The van der Waals surface area contributed by atoms with Crippen LogP contribution in [0.15, 0.2) is 41.7 Å². The number of ether oxygens (including phenoxy) is 1. The van der Waals surface area contributed by atoms with Crippen LogP contribution in [0.1, 0.15) is 43.4 Å². The number of hydrogen-bond donors (Lipinski definition) is 1. The molecule has 210 valence electrons. The van der Waals surface area contributed by atoms with Crippen LogP contribution in [0.4, 0.5) is 15.8 Å². The first-order valence-electron chi connectivity index (χ1n) is 13.3. The first-order valence-corrected chi connectivity index (χ1v) is 15.2. The molecule has 1 saturated heterocycles. The molecule has 6 rings (SSSR count). The van der Waals surface area contributed by atoms with Gasteiger partial charge in [0, 0.05) is 31.9 Å². The summed E-state index contributed by atoms with van der Waals surface area (Å²) in [6.45, 7) is 2.50. The van der Waals surface area contributed by atoms with Gasteiger partial charge in [0.2, 0.25) is 0 Å². The van der Waals surface area contributed by atoms with Gasteiger partial charge in [0.25, 0.3) is 0 Å². The molecule has 12 heteroatoms. The van der Waals surface area contributed by atoms with Crippen LogP contribution >= 0.6 is 0 Å². The van der Waals surface area contributed by atoms with Crippen LogP contribution in [0.25, 0.3) is 22.4 Å². The first-order chi connectivity index (χ1) is 19.1. The van der Waals surface area contributed by atoms with Gasteiger partial charge in [-0.15, -0.1) is 0 Å². The second kappa shape index (κ2) is 10.1. The Morgan fingerprint density at radius 3 is 2.65 bits per heavy atom. The van der Waals surface area contributed by atoms with Gasteiger partial charge in [-0.1, -0.05) is 6.07 Å². The average Bonchev–Trinajstić information content (AvgIpc) is 3.33. The van der Waals surface area contributed by atoms with Gasteiger partial charge in [-0.25, -0.2) is 27.8 Å². The Morgan fingerprint density at radius 2 is 2.00 bits per heavy atom. The molecule has 1 unspecified atom stereocenters. The Morgan fingerprint density at radius 1 is 1.20 bits per heavy atom. The van der Waals surface area contributed by atoms with Gasteiger partial charge < -0.3 is 14.6 Å². The number of halogens is 1. The van der Waals surface area contributed by atoms with Gasteiger partial charge in [0.1, 0.15) is 29.5 Å². The number of fused-ring (bicyclic) bond motifs is 1. The van der Waals surface area contributed by atoms with E-state index in [1.165, 1.54) is 0 Å². The molecule has 1 N–H and O–H groups in total. The number of pyridine rings is 1. The maximum Gasteiger partial charge on any atom is 0.177 e. The summed E-state index contributed by atoms with van der Waals surface area (Å²) in [5.74, 6) is -0.0835. The lowest BCUT2D eigenvalue weighted by Crippen LogP contribution is -2.19. The van der Waals surface area contributed by atoms with Crippen LogP contribution in [-0.2, 0) is 32.8 Å². The predicted octanol–water partition coefficient (Wildman–Crippen LogP) is 4.46. The molecule has 1 saturated carbocycles. The highest BCUT2D eigenvalue weighted by molar-refractivity contribution is 7.90. The summed E-state index contributed by atoms with van der Waals surface area (Å²) in [4.78, 5) is 26.5. The van der Waals surface area contributed by atoms with Gasteiger partial charge in [0.15, 0.2) is 15.5 Å². The van der Waals surface area contributed by atoms with Crippen molar-refractivity contribution >= 4 is 38.2 Å². The SMILES string of the molecule is Cc1nc2c(Nc3ccc(-c4cncn4C)cc3S(C)(=O)=O)cc(CC(=O)[C@@H]3C[C@@H]3F)nc2n1C1CCCCO1. The zero-order chi connectivity index (χ0) is 28.2. The standard InChI is InChI=1S/C28H31FN6O4S/c1-16-31-27-22(33-21-8-7-17(10-25(21)40(3,37)38)23-14-30-15-34(23)2)11-18(12-24(36)19-13-20(19)29)32-28(27)35(16)26-6-4-5-9-39-26/h7-8,10-11,14-15,19-20,26H,4-6,9,12-13H2,1-3H3,(H,32,33)/t19-,20+,26?/m1/s1. The number of hydrogen-bond acceptors (Lipinski definition) is 8. The Bertz CT molecular complexity index is 1720. The van der Waals surface area contributed by atoms with E-state index in [9.17, 15) is 17.6 Å². The summed E-state index contributed by atoms with van der Waals surface area (Å²) in [6.07, 6.45) is 6.18. The number of nitrogens with zero attached hydrogens (tertiary/aromatic N) is 5. The number of aromatic nitrogens is 5. The number of imidazole rings is 2. The van der Waals surface area contributed by atoms with Crippen LogP contribution in [0.3, 0.4) is 0 Å². The number of Topliss-reactive ketones (excluding diaryl/α,β-unsaturated/α-hetero) is 1. The van der Waals surface area contributed by atoms with Gasteiger partial charge >= 0.3 is 0 Å². The van der Waals surface area contributed by atoms with Gasteiger partial charge in [-0.2, -0.15) is 0 Å². The summed E-state index contributed by atoms with van der Waals surface area (Å²) in [5, 5.41) is 3.28. The van der Waals surface area contributed by atoms with Crippen LogP contribution in [0, 0.1) is 12.8 Å². The van der Waals surface area contributed by atoms with Gasteiger partial charge in [-0.05, 0) is 50.8 Å². The van der Waals surface area contributed by atoms with Crippen LogP contribution in [0.2, 0.25) is 0 Å². The van der Waals surface area contributed by atoms with Gasteiger partial charge in [0.05, 0.1) is 46.1 Å². The van der Waals surface area contributed by atoms with Crippen molar-refractivity contribution in [3.63, 3.8) is 0 Å². The molecule has 1 aromatic carbocycles. The Kier molecular flexibility index (Phi) is 6.70. The third-order valence-corrected chi connectivity index (χ3v) is 8.70. The number of anilines is 2. The Balaban J connectivity index is 1.46. The Hall–Kier alpha value is -3.64. The molecule has 10 nitrogen and oxygen atoms in total. The molecular formula is C28H31FN6O4S. The molecule has 0 radical (unpaired) electrons. The van der Waals surface area contributed by atoms with Crippen molar-refractivity contribution in [3.05, 3.63) is 48.3 Å². The Labute approximate surface area is 231 Å². The second-order valence-electron chi connectivity index (χ2n) is 10.7. The zero-order valence-electron chi connectivity index (χ0n) is 22.6. The lowest BCUT2D eigenvalue weighted by Gasteiger charge is -2.25. The van der Waals surface area contributed by atoms with Crippen molar-refractivity contribution in [2.24, 2.45) is 13.0 Å². The van der Waals surface area contributed by atoms with Gasteiger partial charge in [-0.3, -0.25) is 9.36 Å². The van der Waals surface area contributed by atoms with Crippen LogP contribution in [-0.4, -0.2) is 57.3 Å². The minimum atomic E-state index is -3.64. The van der Waals surface area contributed by atoms with E-state index in [2.05, 4.69) is 10.3 Å². The molecule has 40 heavy (non-hydrogen) atoms. The fraction of sp³-hybridized carbons (Fsp3) is 0.429. The molecule has 1 aliphatic heterocycles. The van der Waals surface area contributed by atoms with E-state index in [1.54, 1.807) is 30.7 Å². The molecule has 3 aromatic heterocycles. The minimum Gasteiger partial charge on any atom is -0.358 e. The number of carbonyl (C=O) groups is 1. The lowest BCUT2D eigenvalue weighted by molar-refractivity contribution is -0.120. The topological polar surface area (TPSA) is 121 Å². The molecule has 3 atom stereocenters. The first kappa shape index (κ1) is 26.6. The smallest absolute Gasteiger partial charge is 0.177 e. The zero-order valence-corrected chi connectivity index (χ0v) is 23.4. The third kappa shape index (κ3) is 5.01. The highest BCUT2D eigenvalue weighted by Gasteiger charge is 2.43. The average molecular weight is 567 g/mol. The van der Waals surface area contributed by atoms with Crippen LogP contribution < -0.4 is 5.32 Å². The number of aryl methyl sites for hydroxylation is 2. The molecule has 4 heterocycles. The summed E-state index contributed by atoms with van der Waals surface area (Å²) >= 11 is 0. The fourth-order valence-corrected chi connectivity index (χ4v) is 6.22. The summed E-state index contributed by atoms with van der Waals surface area (Å²) < 4.78 is 49.2. The number of rotatable bonds is 8. The van der Waals surface area contributed by atoms with E-state index in [0.29, 0.717) is 46.2 Å². The van der Waals surface area contributed by atoms with Crippen molar-refractivity contribution in [1.82, 2.24) is 24.1 Å². The second-order valence-corrected chi connectivity index (χ2v) is 12.7. The fourth-order valence-electron chi connectivity index (χ4n) is 5.36. The summed E-state index contributed by atoms with van der Waals surface area (Å²) in [7, 11) is -1.80. The van der Waals surface area contributed by atoms with Crippen molar-refractivity contribution < 1.29 is 22.3 Å². The molecular weight excluding hydrogens is 535 g/mol. The van der Waals surface area contributed by atoms with E-state index in [4.69, 9.17) is 14.7 Å². The molecule has 0 amide bonds. The molecule has 1 aliphatic carbocycles. The number of ketones is 1. The highest BCUT2D eigenvalue weighted by atomic mass is 32.2. The van der Waals surface area contributed by atoms with Crippen LogP contribution in [0.5, 0.6) is 0 Å². The van der Waals surface area contributed by atoms with Crippen molar-refractivity contribution in [3.8, 4) is 11.3 Å². The maximum atomic E-state index is 13.6. The van der Waals surface area contributed by atoms with E-state index in [-0.39, 0.29) is 29.7 Å². The van der Waals surface area contributed by atoms with E-state index >= 15 is 0 Å². The minimum absolute atomic E-state index is 0.0240. The van der Waals surface area contributed by atoms with E-state index < -0.39 is 21.9 Å². The number of benzene rings is 1. The monoisotopic (exact) mass is 566 g/mol. The molecule has 4 aromatic rings. The normalized spacial score (nSPS) is 21.1. The summed E-state index contributed by atoms with van der Waals surface area (Å²) in [6, 6.07) is 6.86. The van der Waals surface area contributed by atoms with Crippen molar-refractivity contribution in [1.29, 1.82) is 0 Å². The van der Waals surface area contributed by atoms with Crippen molar-refractivity contribution in [2.75, 3.05) is 18.2 Å². The maximum absolute atomic E-state index is 13.6. The highest BCUT2D eigenvalue weighted by Crippen LogP contribution is 2.37. The van der Waals surface area contributed by atoms with E-state index in [1.807, 2.05) is 29.2 Å². The quantitative estimate of drug-likeness (QED) is 0.332.